The van der Waals surface area contributed by atoms with Crippen LogP contribution >= 0.6 is 0 Å². The Morgan fingerprint density at radius 1 is 0.600 bits per heavy atom. The van der Waals surface area contributed by atoms with E-state index in [9.17, 15) is 0 Å². The Balaban J connectivity index is -0.000000147. The molecule has 0 N–H and O–H groups in total. The van der Waals surface area contributed by atoms with E-state index in [1.807, 2.05) is 0 Å². The van der Waals surface area contributed by atoms with Crippen molar-refractivity contribution in [3.63, 3.8) is 0 Å². The molecule has 0 bridgehead atoms. The Hall–Kier alpha value is 0. The van der Waals surface area contributed by atoms with E-state index >= 15 is 0 Å². The van der Waals surface area contributed by atoms with E-state index < -0.39 is 0 Å². The van der Waals surface area contributed by atoms with Gasteiger partial charge in [-0.1, -0.05) is 81.6 Å². The van der Waals surface area contributed by atoms with Crippen LogP contribution in [0.4, 0.5) is 0 Å². The van der Waals surface area contributed by atoms with Gasteiger partial charge in [0.25, 0.3) is 0 Å². The predicted molar refractivity (Wildman–Crippen MR) is 75.4 cm³/mol. The van der Waals surface area contributed by atoms with Gasteiger partial charge in [-0.3, -0.25) is 0 Å². The molecule has 0 heteroatoms. The molecule has 0 heterocycles. The maximum Gasteiger partial charge on any atom is -0.0448 e. The molecule has 0 aliphatic rings. The quantitative estimate of drug-likeness (QED) is 0.530. The molecule has 15 heavy (non-hydrogen) atoms. The van der Waals surface area contributed by atoms with Crippen molar-refractivity contribution in [2.45, 2.75) is 81.6 Å². The Bertz CT molecular complexity index is 75.3. The van der Waals surface area contributed by atoms with Crippen LogP contribution in [-0.2, 0) is 0 Å². The van der Waals surface area contributed by atoms with Crippen LogP contribution in [0.3, 0.4) is 0 Å². The highest BCUT2D eigenvalue weighted by Crippen LogP contribution is 2.02. The van der Waals surface area contributed by atoms with Crippen LogP contribution in [0.1, 0.15) is 81.6 Å². The van der Waals surface area contributed by atoms with Gasteiger partial charge in [0, 0.05) is 0 Å². The van der Waals surface area contributed by atoms with Gasteiger partial charge in [-0.05, 0) is 17.8 Å². The lowest BCUT2D eigenvalue weighted by atomic mass is 10.1. The summed E-state index contributed by atoms with van der Waals surface area (Å²) in [5.41, 5.74) is 0. The number of hydrogen-bond acceptors (Lipinski definition) is 0. The average Bonchev–Trinajstić information content (AvgIpc) is 2.16. The van der Waals surface area contributed by atoms with Crippen LogP contribution in [-0.4, -0.2) is 0 Å². The van der Waals surface area contributed by atoms with Crippen molar-refractivity contribution in [2.75, 3.05) is 0 Å². The highest BCUT2D eigenvalue weighted by Gasteiger charge is 1.88. The first-order valence-corrected chi connectivity index (χ1v) is 6.81. The van der Waals surface area contributed by atoms with Gasteiger partial charge in [0.05, 0.1) is 0 Å². The van der Waals surface area contributed by atoms with Gasteiger partial charge >= 0.3 is 0 Å². The second kappa shape index (κ2) is 16.4. The largest absolute Gasteiger partial charge is 0.0651 e. The van der Waals surface area contributed by atoms with Gasteiger partial charge in [0.1, 0.15) is 0 Å². The van der Waals surface area contributed by atoms with Gasteiger partial charge in [-0.2, -0.15) is 0 Å². The Morgan fingerprint density at radius 2 is 0.800 bits per heavy atom. The third-order valence-corrected chi connectivity index (χ3v) is 2.21. The first kappa shape index (κ1) is 20.4. The maximum atomic E-state index is 2.28. The second-order valence-electron chi connectivity index (χ2n) is 5.46. The van der Waals surface area contributed by atoms with E-state index in [1.54, 1.807) is 0 Å². The molecule has 0 amide bonds. The molecule has 0 unspecified atom stereocenters. The minimum absolute atomic E-state index is 0.833. The van der Waals surface area contributed by atoms with E-state index in [4.69, 9.17) is 0 Å². The first-order valence-electron chi connectivity index (χ1n) is 6.81. The van der Waals surface area contributed by atoms with E-state index in [2.05, 4.69) is 62.3 Å². The SMILES string of the molecule is CC(C)C.CCC(C)C.CCC(C)CC. The molecule has 0 nitrogen and oxygen atoms in total. The van der Waals surface area contributed by atoms with E-state index in [0.29, 0.717) is 0 Å². The summed E-state index contributed by atoms with van der Waals surface area (Å²) in [6.45, 7) is 19.9. The minimum atomic E-state index is 0.833. The fourth-order valence-corrected chi connectivity index (χ4v) is 0.289. The molecular weight excluding hydrogens is 180 g/mol. The van der Waals surface area contributed by atoms with Crippen molar-refractivity contribution in [1.82, 2.24) is 0 Å². The van der Waals surface area contributed by atoms with E-state index in [1.165, 1.54) is 19.3 Å². The topological polar surface area (TPSA) is 0 Å². The number of hydrogen-bond donors (Lipinski definition) is 0. The first-order chi connectivity index (χ1) is 6.81. The third kappa shape index (κ3) is 56.0. The maximum absolute atomic E-state index is 2.28. The van der Waals surface area contributed by atoms with Crippen molar-refractivity contribution in [3.05, 3.63) is 0 Å². The summed E-state index contributed by atoms with van der Waals surface area (Å²) in [6.07, 6.45) is 3.97. The fraction of sp³-hybridized carbons (Fsp3) is 1.00. The normalized spacial score (nSPS) is 9.60. The third-order valence-electron chi connectivity index (χ3n) is 2.21. The molecule has 0 spiro atoms. The van der Waals surface area contributed by atoms with Gasteiger partial charge in [0.2, 0.25) is 0 Å². The summed E-state index contributed by atoms with van der Waals surface area (Å²) >= 11 is 0. The van der Waals surface area contributed by atoms with Crippen LogP contribution in [0.25, 0.3) is 0 Å². The molecule has 96 valence electrons. The lowest BCUT2D eigenvalue weighted by molar-refractivity contribution is 0.544. The van der Waals surface area contributed by atoms with E-state index in [0.717, 1.165) is 17.8 Å². The highest BCUT2D eigenvalue weighted by molar-refractivity contribution is 4.41. The van der Waals surface area contributed by atoms with Gasteiger partial charge in [-0.25, -0.2) is 0 Å². The van der Waals surface area contributed by atoms with Gasteiger partial charge in [-0.15, -0.1) is 0 Å². The van der Waals surface area contributed by atoms with Crippen LogP contribution < -0.4 is 0 Å². The second-order valence-corrected chi connectivity index (χ2v) is 5.46. The van der Waals surface area contributed by atoms with Crippen LogP contribution in [0.15, 0.2) is 0 Å². The zero-order valence-electron chi connectivity index (χ0n) is 12.9. The summed E-state index contributed by atoms with van der Waals surface area (Å²) < 4.78 is 0. The van der Waals surface area contributed by atoms with Crippen molar-refractivity contribution < 1.29 is 0 Å². The van der Waals surface area contributed by atoms with Crippen molar-refractivity contribution >= 4 is 0 Å². The molecule has 0 atom stereocenters. The molecule has 0 radical (unpaired) electrons. The fourth-order valence-electron chi connectivity index (χ4n) is 0.289. The molecule has 0 aliphatic carbocycles. The van der Waals surface area contributed by atoms with Crippen LogP contribution in [0.2, 0.25) is 0 Å². The van der Waals surface area contributed by atoms with Crippen molar-refractivity contribution in [3.8, 4) is 0 Å². The molecule has 0 aromatic rings. The summed E-state index contributed by atoms with van der Waals surface area (Å²) in [6, 6.07) is 0. The van der Waals surface area contributed by atoms with Crippen LogP contribution in [0.5, 0.6) is 0 Å². The lowest BCUT2D eigenvalue weighted by Crippen LogP contribution is -1.85. The number of rotatable bonds is 3. The van der Waals surface area contributed by atoms with Crippen molar-refractivity contribution in [2.24, 2.45) is 17.8 Å². The molecule has 0 rings (SSSR count). The zero-order valence-corrected chi connectivity index (χ0v) is 12.9. The molecule has 0 aromatic carbocycles. The standard InChI is InChI=1S/C6H14.C5H12.C4H10/c1-4-6(3)5-2;1-4-5(2)3;1-4(2)3/h6H,4-5H2,1-3H3;5H,4H2,1-3H3;4H,1-3H3. The predicted octanol–water partition coefficient (Wildman–Crippen LogP) is 6.16. The molecule has 0 aliphatic heterocycles. The van der Waals surface area contributed by atoms with E-state index in [-0.39, 0.29) is 0 Å². The Morgan fingerprint density at radius 3 is 0.800 bits per heavy atom. The molecule has 0 aromatic heterocycles. The highest BCUT2D eigenvalue weighted by atomic mass is 13.9. The van der Waals surface area contributed by atoms with Crippen molar-refractivity contribution in [1.29, 1.82) is 0 Å². The summed E-state index contributed by atoms with van der Waals surface area (Å²) in [7, 11) is 0. The Labute approximate surface area is 99.9 Å². The van der Waals surface area contributed by atoms with Crippen LogP contribution in [0, 0.1) is 17.8 Å². The molecule has 0 saturated carbocycles. The summed E-state index contributed by atoms with van der Waals surface area (Å²) in [4.78, 5) is 0. The zero-order chi connectivity index (χ0) is 12.9. The van der Waals surface area contributed by atoms with Gasteiger partial charge in [0.15, 0.2) is 0 Å². The lowest BCUT2D eigenvalue weighted by Gasteiger charge is -1.98. The summed E-state index contributed by atoms with van der Waals surface area (Å²) in [5.74, 6) is 2.65. The average molecular weight is 216 g/mol. The Kier molecular flexibility index (Phi) is 22.4. The monoisotopic (exact) mass is 216 g/mol. The molecule has 0 saturated heterocycles. The smallest absolute Gasteiger partial charge is 0.0448 e. The molecular formula is C15H36. The van der Waals surface area contributed by atoms with Gasteiger partial charge < -0.3 is 0 Å². The minimum Gasteiger partial charge on any atom is -0.0651 e. The molecule has 0 fully saturated rings. The summed E-state index contributed by atoms with van der Waals surface area (Å²) in [5, 5.41) is 0.